The first-order valence-corrected chi connectivity index (χ1v) is 19.5. The molecule has 10 aromatic rings. The highest BCUT2D eigenvalue weighted by Crippen LogP contribution is 2.43. The first kappa shape index (κ1) is 33.0. The largest absolute Gasteiger partial charge is 0.455 e. The maximum Gasteiger partial charge on any atom is 0.160 e. The Kier molecular flexibility index (Phi) is 7.78. The van der Waals surface area contributed by atoms with Crippen LogP contribution in [0.5, 0.6) is 0 Å². The van der Waals surface area contributed by atoms with E-state index < -0.39 is 0 Å². The minimum atomic E-state index is 0.646. The van der Waals surface area contributed by atoms with E-state index in [1.54, 1.807) is 0 Å². The van der Waals surface area contributed by atoms with E-state index in [2.05, 4.69) is 189 Å². The zero-order chi connectivity index (χ0) is 37.9. The van der Waals surface area contributed by atoms with Gasteiger partial charge in [0, 0.05) is 33.9 Å². The zero-order valence-corrected chi connectivity index (χ0v) is 31.4. The molecule has 0 saturated heterocycles. The Labute approximate surface area is 330 Å². The summed E-state index contributed by atoms with van der Waals surface area (Å²) in [4.78, 5) is 11.0. The Balaban J connectivity index is 1.13. The quantitative estimate of drug-likeness (QED) is 0.163. The monoisotopic (exact) mass is 728 g/mol. The molecule has 57 heavy (non-hydrogen) atoms. The van der Waals surface area contributed by atoms with Crippen molar-refractivity contribution in [2.75, 3.05) is 0 Å². The molecule has 3 nitrogen and oxygen atoms in total. The van der Waals surface area contributed by atoms with Gasteiger partial charge in [-0.1, -0.05) is 164 Å². The predicted molar refractivity (Wildman–Crippen MR) is 240 cm³/mol. The van der Waals surface area contributed by atoms with Crippen molar-refractivity contribution in [3.63, 3.8) is 0 Å². The molecule has 0 bridgehead atoms. The van der Waals surface area contributed by atoms with Gasteiger partial charge in [0.15, 0.2) is 5.84 Å². The first-order valence-electron chi connectivity index (χ1n) is 19.5. The fraction of sp³-hybridized carbons (Fsp3) is 0.0370. The molecular formula is C54H36N2O. The van der Waals surface area contributed by atoms with E-state index >= 15 is 0 Å². The molecule has 0 aliphatic carbocycles. The van der Waals surface area contributed by atoms with Gasteiger partial charge in [0.05, 0.1) is 11.4 Å². The molecule has 0 spiro atoms. The van der Waals surface area contributed by atoms with Gasteiger partial charge in [-0.3, -0.25) is 0 Å². The van der Waals surface area contributed by atoms with E-state index in [0.717, 1.165) is 77.7 Å². The molecule has 1 aliphatic heterocycles. The number of fused-ring (bicyclic) bond motifs is 7. The molecule has 0 saturated carbocycles. The van der Waals surface area contributed by atoms with Crippen molar-refractivity contribution >= 4 is 71.5 Å². The molecule has 3 heteroatoms. The van der Waals surface area contributed by atoms with Crippen molar-refractivity contribution in [1.82, 2.24) is 0 Å². The second-order valence-electron chi connectivity index (χ2n) is 14.9. The number of hydrogen-bond acceptors (Lipinski definition) is 3. The Morgan fingerprint density at radius 3 is 1.82 bits per heavy atom. The molecule has 1 aromatic heterocycles. The number of furan rings is 1. The second kappa shape index (κ2) is 13.4. The predicted octanol–water partition coefficient (Wildman–Crippen LogP) is 14.5. The highest BCUT2D eigenvalue weighted by molar-refractivity contribution is 6.21. The normalized spacial score (nSPS) is 13.4. The summed E-state index contributed by atoms with van der Waals surface area (Å²) >= 11 is 0. The van der Waals surface area contributed by atoms with Crippen molar-refractivity contribution in [3.8, 4) is 22.3 Å². The van der Waals surface area contributed by atoms with Crippen LogP contribution < -0.4 is 0 Å². The lowest BCUT2D eigenvalue weighted by Crippen LogP contribution is -2.06. The van der Waals surface area contributed by atoms with Gasteiger partial charge in [0.2, 0.25) is 0 Å². The average Bonchev–Trinajstić information content (AvgIpc) is 3.57. The SMILES string of the molecule is CC1=C(c2cc3ccccc3c3ccccc23)N=C(c2ccccc2)N=C(c2cc(-c3cccc4oc5c(-c6ccccc6)cccc5c34)c3ccccc3c2)C1. The van der Waals surface area contributed by atoms with Crippen molar-refractivity contribution in [2.45, 2.75) is 13.3 Å². The highest BCUT2D eigenvalue weighted by Gasteiger charge is 2.22. The molecule has 1 aliphatic rings. The van der Waals surface area contributed by atoms with Crippen LogP contribution in [-0.2, 0) is 0 Å². The summed E-state index contributed by atoms with van der Waals surface area (Å²) in [7, 11) is 0. The van der Waals surface area contributed by atoms with Crippen LogP contribution in [-0.4, -0.2) is 11.5 Å². The fourth-order valence-electron chi connectivity index (χ4n) is 8.77. The van der Waals surface area contributed by atoms with E-state index in [9.17, 15) is 0 Å². The van der Waals surface area contributed by atoms with Gasteiger partial charge < -0.3 is 4.42 Å². The van der Waals surface area contributed by atoms with Gasteiger partial charge in [0.25, 0.3) is 0 Å². The van der Waals surface area contributed by atoms with Crippen LogP contribution in [0.1, 0.15) is 30.0 Å². The molecule has 0 unspecified atom stereocenters. The minimum absolute atomic E-state index is 0.646. The number of rotatable bonds is 5. The Bertz CT molecular complexity index is 3310. The summed E-state index contributed by atoms with van der Waals surface area (Å²) in [5.41, 5.74) is 12.6. The number of aliphatic imine (C=N–C) groups is 2. The number of amidine groups is 1. The van der Waals surface area contributed by atoms with E-state index in [1.165, 1.54) is 32.5 Å². The molecule has 0 amide bonds. The second-order valence-corrected chi connectivity index (χ2v) is 14.9. The number of para-hydroxylation sites is 1. The maximum absolute atomic E-state index is 6.72. The topological polar surface area (TPSA) is 37.9 Å². The van der Waals surface area contributed by atoms with Gasteiger partial charge in [-0.05, 0) is 91.3 Å². The Morgan fingerprint density at radius 2 is 1.04 bits per heavy atom. The van der Waals surface area contributed by atoms with E-state index in [0.29, 0.717) is 12.3 Å². The molecule has 0 atom stereocenters. The van der Waals surface area contributed by atoms with E-state index in [1.807, 2.05) is 6.07 Å². The molecule has 2 heterocycles. The summed E-state index contributed by atoms with van der Waals surface area (Å²) in [5.74, 6) is 0.709. The van der Waals surface area contributed by atoms with Crippen LogP contribution in [0.15, 0.2) is 208 Å². The standard InChI is InChI=1S/C54H36N2O/c1-34-30-49(55-54(36-18-6-3-7-19-36)56-52(34)48-32-38-21-9-10-22-40(38)43-24-12-13-25-44(43)48)39-31-37-20-8-11-23-41(37)47(33-39)45-27-15-29-50-51(45)46-28-14-26-42(53(46)57-50)35-16-4-2-5-17-35/h2-29,31-33H,30H2,1H3. The molecule has 11 rings (SSSR count). The van der Waals surface area contributed by atoms with Crippen molar-refractivity contribution in [2.24, 2.45) is 9.98 Å². The zero-order valence-electron chi connectivity index (χ0n) is 31.4. The third-order valence-electron chi connectivity index (χ3n) is 11.4. The smallest absolute Gasteiger partial charge is 0.160 e. The van der Waals surface area contributed by atoms with Gasteiger partial charge in [-0.15, -0.1) is 0 Å². The van der Waals surface area contributed by atoms with Crippen LogP contribution >= 0.6 is 0 Å². The first-order chi connectivity index (χ1) is 28.2. The molecule has 0 N–H and O–H groups in total. The van der Waals surface area contributed by atoms with Gasteiger partial charge in [-0.2, -0.15) is 0 Å². The van der Waals surface area contributed by atoms with Crippen LogP contribution in [0.4, 0.5) is 0 Å². The number of benzene rings is 9. The van der Waals surface area contributed by atoms with Crippen LogP contribution in [0.2, 0.25) is 0 Å². The Hall–Kier alpha value is -7.36. The summed E-state index contributed by atoms with van der Waals surface area (Å²) < 4.78 is 6.72. The summed E-state index contributed by atoms with van der Waals surface area (Å²) in [6, 6.07) is 66.7. The third-order valence-corrected chi connectivity index (χ3v) is 11.4. The van der Waals surface area contributed by atoms with Crippen LogP contribution in [0.25, 0.3) is 82.2 Å². The van der Waals surface area contributed by atoms with Gasteiger partial charge in [0.1, 0.15) is 11.2 Å². The third kappa shape index (κ3) is 5.58. The van der Waals surface area contributed by atoms with Crippen LogP contribution in [0.3, 0.4) is 0 Å². The van der Waals surface area contributed by atoms with E-state index in [4.69, 9.17) is 14.4 Å². The lowest BCUT2D eigenvalue weighted by Gasteiger charge is -2.15. The maximum atomic E-state index is 6.72. The Morgan fingerprint density at radius 1 is 0.421 bits per heavy atom. The highest BCUT2D eigenvalue weighted by atomic mass is 16.3. The molecule has 9 aromatic carbocycles. The summed E-state index contributed by atoms with van der Waals surface area (Å²) in [6.07, 6.45) is 0.646. The number of allylic oxidation sites excluding steroid dienone is 1. The molecule has 0 fully saturated rings. The lowest BCUT2D eigenvalue weighted by atomic mass is 9.89. The lowest BCUT2D eigenvalue weighted by molar-refractivity contribution is 0.670. The molecule has 268 valence electrons. The van der Waals surface area contributed by atoms with Gasteiger partial charge in [-0.25, -0.2) is 9.98 Å². The van der Waals surface area contributed by atoms with E-state index in [-0.39, 0.29) is 0 Å². The average molecular weight is 729 g/mol. The van der Waals surface area contributed by atoms with Crippen LogP contribution in [0, 0.1) is 0 Å². The minimum Gasteiger partial charge on any atom is -0.455 e. The molecule has 0 radical (unpaired) electrons. The summed E-state index contributed by atoms with van der Waals surface area (Å²) in [6.45, 7) is 2.22. The fourth-order valence-corrected chi connectivity index (χ4v) is 8.77. The van der Waals surface area contributed by atoms with Crippen molar-refractivity contribution < 1.29 is 4.42 Å². The van der Waals surface area contributed by atoms with Gasteiger partial charge >= 0.3 is 0 Å². The number of hydrogen-bond donors (Lipinski definition) is 0. The number of nitrogens with zero attached hydrogens (tertiary/aromatic N) is 2. The molecular weight excluding hydrogens is 693 g/mol. The summed E-state index contributed by atoms with van der Waals surface area (Å²) in [5, 5.41) is 9.42. The van der Waals surface area contributed by atoms with Crippen molar-refractivity contribution in [3.05, 3.63) is 210 Å². The van der Waals surface area contributed by atoms with Crippen molar-refractivity contribution in [1.29, 1.82) is 0 Å².